The molecule has 29 heavy (non-hydrogen) atoms. The molecule has 0 saturated carbocycles. The Hall–Kier alpha value is -3.34. The highest BCUT2D eigenvalue weighted by atomic mass is 16.5. The molecule has 1 heterocycles. The number of rotatable bonds is 9. The minimum atomic E-state index is -0.123. The van der Waals surface area contributed by atoms with Gasteiger partial charge in [0.2, 0.25) is 5.78 Å². The highest BCUT2D eigenvalue weighted by Gasteiger charge is 2.08. The summed E-state index contributed by atoms with van der Waals surface area (Å²) in [5, 5.41) is 4.24. The standard InChI is InChI=1S/C24H26N2O3/c1-4-18-6-10-21(11-7-18)29-17-20-16-19(9-13-24(20)28-3)8-12-23(27)22-14-15-26(5-2)25-22/h6-16H,4-5,17H2,1-3H3/b12-8+. The van der Waals surface area contributed by atoms with E-state index >= 15 is 0 Å². The number of allylic oxidation sites excluding steroid dienone is 1. The Morgan fingerprint density at radius 2 is 1.90 bits per heavy atom. The largest absolute Gasteiger partial charge is 0.496 e. The molecule has 150 valence electrons. The molecule has 0 aliphatic heterocycles. The van der Waals surface area contributed by atoms with E-state index in [2.05, 4.69) is 24.2 Å². The third-order valence-electron chi connectivity index (χ3n) is 4.67. The van der Waals surface area contributed by atoms with Crippen LogP contribution in [-0.2, 0) is 19.6 Å². The fraction of sp³-hybridized carbons (Fsp3) is 0.250. The predicted molar refractivity (Wildman–Crippen MR) is 114 cm³/mol. The molecule has 0 radical (unpaired) electrons. The van der Waals surface area contributed by atoms with Crippen LogP contribution in [0.15, 0.2) is 60.8 Å². The number of hydrogen-bond donors (Lipinski definition) is 0. The second kappa shape index (κ2) is 9.73. The van der Waals surface area contributed by atoms with Gasteiger partial charge in [-0.15, -0.1) is 0 Å². The van der Waals surface area contributed by atoms with Gasteiger partial charge in [0.05, 0.1) is 7.11 Å². The highest BCUT2D eigenvalue weighted by Crippen LogP contribution is 2.23. The number of aromatic nitrogens is 2. The molecule has 0 N–H and O–H groups in total. The number of ether oxygens (including phenoxy) is 2. The first kappa shape index (κ1) is 20.4. The van der Waals surface area contributed by atoms with Gasteiger partial charge in [-0.1, -0.05) is 31.2 Å². The summed E-state index contributed by atoms with van der Waals surface area (Å²) in [7, 11) is 1.64. The zero-order chi connectivity index (χ0) is 20.6. The number of benzene rings is 2. The topological polar surface area (TPSA) is 53.4 Å². The molecule has 3 aromatic rings. The zero-order valence-corrected chi connectivity index (χ0v) is 17.1. The van der Waals surface area contributed by atoms with Crippen molar-refractivity contribution < 1.29 is 14.3 Å². The van der Waals surface area contributed by atoms with E-state index in [1.165, 1.54) is 11.6 Å². The number of hydrogen-bond acceptors (Lipinski definition) is 4. The maximum Gasteiger partial charge on any atom is 0.206 e. The molecule has 0 bridgehead atoms. The van der Waals surface area contributed by atoms with Gasteiger partial charge in [0.15, 0.2) is 0 Å². The second-order valence-corrected chi connectivity index (χ2v) is 6.61. The van der Waals surface area contributed by atoms with Gasteiger partial charge in [0, 0.05) is 18.3 Å². The van der Waals surface area contributed by atoms with Gasteiger partial charge in [-0.05, 0) is 60.9 Å². The lowest BCUT2D eigenvalue weighted by Crippen LogP contribution is -2.00. The lowest BCUT2D eigenvalue weighted by molar-refractivity contribution is 0.104. The molecule has 0 aliphatic rings. The average Bonchev–Trinajstić information content (AvgIpc) is 3.26. The molecular formula is C24H26N2O3. The normalized spacial score (nSPS) is 11.0. The lowest BCUT2D eigenvalue weighted by atomic mass is 10.1. The van der Waals surface area contributed by atoms with E-state index < -0.39 is 0 Å². The summed E-state index contributed by atoms with van der Waals surface area (Å²) < 4.78 is 13.1. The van der Waals surface area contributed by atoms with Crippen LogP contribution in [0.25, 0.3) is 6.08 Å². The molecule has 3 rings (SSSR count). The summed E-state index contributed by atoms with van der Waals surface area (Å²) in [6, 6.07) is 15.6. The van der Waals surface area contributed by atoms with Crippen molar-refractivity contribution in [3.63, 3.8) is 0 Å². The minimum absolute atomic E-state index is 0.123. The van der Waals surface area contributed by atoms with E-state index in [1.807, 2.05) is 37.3 Å². The number of aryl methyl sites for hydroxylation is 2. The van der Waals surface area contributed by atoms with E-state index in [0.717, 1.165) is 35.6 Å². The van der Waals surface area contributed by atoms with Crippen LogP contribution in [-0.4, -0.2) is 22.7 Å². The molecule has 0 amide bonds. The lowest BCUT2D eigenvalue weighted by Gasteiger charge is -2.11. The molecule has 0 aliphatic carbocycles. The van der Waals surface area contributed by atoms with Crippen LogP contribution in [0, 0.1) is 0 Å². The van der Waals surface area contributed by atoms with Crippen LogP contribution in [0.2, 0.25) is 0 Å². The van der Waals surface area contributed by atoms with Crippen molar-refractivity contribution in [1.82, 2.24) is 9.78 Å². The highest BCUT2D eigenvalue weighted by molar-refractivity contribution is 6.05. The molecule has 2 aromatic carbocycles. The van der Waals surface area contributed by atoms with Crippen LogP contribution in [0.4, 0.5) is 0 Å². The number of methoxy groups -OCH3 is 1. The number of nitrogens with zero attached hydrogens (tertiary/aromatic N) is 2. The van der Waals surface area contributed by atoms with E-state index in [-0.39, 0.29) is 5.78 Å². The molecule has 0 fully saturated rings. The van der Waals surface area contributed by atoms with Crippen molar-refractivity contribution in [3.8, 4) is 11.5 Å². The van der Waals surface area contributed by atoms with Gasteiger partial charge in [0.25, 0.3) is 0 Å². The van der Waals surface area contributed by atoms with Crippen LogP contribution in [0.3, 0.4) is 0 Å². The maximum absolute atomic E-state index is 12.3. The Balaban J connectivity index is 1.70. The van der Waals surface area contributed by atoms with Gasteiger partial charge in [0.1, 0.15) is 23.8 Å². The van der Waals surface area contributed by atoms with Gasteiger partial charge in [-0.2, -0.15) is 5.10 Å². The molecule has 5 nitrogen and oxygen atoms in total. The van der Waals surface area contributed by atoms with E-state index in [4.69, 9.17) is 9.47 Å². The van der Waals surface area contributed by atoms with Crippen molar-refractivity contribution in [2.24, 2.45) is 0 Å². The fourth-order valence-electron chi connectivity index (χ4n) is 2.92. The monoisotopic (exact) mass is 390 g/mol. The summed E-state index contributed by atoms with van der Waals surface area (Å²) in [6.07, 6.45) is 6.13. The minimum Gasteiger partial charge on any atom is -0.496 e. The summed E-state index contributed by atoms with van der Waals surface area (Å²) in [4.78, 5) is 12.3. The Morgan fingerprint density at radius 3 is 2.55 bits per heavy atom. The first-order chi connectivity index (χ1) is 14.1. The van der Waals surface area contributed by atoms with Crippen molar-refractivity contribution in [2.45, 2.75) is 33.4 Å². The van der Waals surface area contributed by atoms with Crippen LogP contribution < -0.4 is 9.47 Å². The Bertz CT molecular complexity index is 988. The predicted octanol–water partition coefficient (Wildman–Crippen LogP) is 4.95. The average molecular weight is 390 g/mol. The summed E-state index contributed by atoms with van der Waals surface area (Å²) in [5.74, 6) is 1.44. The van der Waals surface area contributed by atoms with Crippen molar-refractivity contribution >= 4 is 11.9 Å². The Kier molecular flexibility index (Phi) is 6.85. The van der Waals surface area contributed by atoms with Crippen molar-refractivity contribution in [3.05, 3.63) is 83.2 Å². The van der Waals surface area contributed by atoms with E-state index in [0.29, 0.717) is 12.3 Å². The third kappa shape index (κ3) is 5.35. The molecular weight excluding hydrogens is 364 g/mol. The molecule has 0 atom stereocenters. The Morgan fingerprint density at radius 1 is 1.10 bits per heavy atom. The quantitative estimate of drug-likeness (QED) is 0.383. The molecule has 1 aromatic heterocycles. The molecule has 0 saturated heterocycles. The second-order valence-electron chi connectivity index (χ2n) is 6.61. The number of ketones is 1. The summed E-state index contributed by atoms with van der Waals surface area (Å²) in [6.45, 7) is 5.22. The van der Waals surface area contributed by atoms with Gasteiger partial charge in [-0.3, -0.25) is 9.48 Å². The molecule has 0 spiro atoms. The van der Waals surface area contributed by atoms with E-state index in [9.17, 15) is 4.79 Å². The van der Waals surface area contributed by atoms with Crippen LogP contribution >= 0.6 is 0 Å². The zero-order valence-electron chi connectivity index (χ0n) is 17.1. The fourth-order valence-corrected chi connectivity index (χ4v) is 2.92. The maximum atomic E-state index is 12.3. The smallest absolute Gasteiger partial charge is 0.206 e. The number of carbonyl (C=O) groups excluding carboxylic acids is 1. The van der Waals surface area contributed by atoms with Crippen molar-refractivity contribution in [2.75, 3.05) is 7.11 Å². The van der Waals surface area contributed by atoms with Crippen LogP contribution in [0.5, 0.6) is 11.5 Å². The first-order valence-electron chi connectivity index (χ1n) is 9.77. The molecule has 0 unspecified atom stereocenters. The van der Waals surface area contributed by atoms with Crippen LogP contribution in [0.1, 0.15) is 41.0 Å². The van der Waals surface area contributed by atoms with Crippen molar-refractivity contribution in [1.29, 1.82) is 0 Å². The SMILES string of the molecule is CCc1ccc(OCc2cc(/C=C/C(=O)c3ccn(CC)n3)ccc2OC)cc1. The molecule has 5 heteroatoms. The summed E-state index contributed by atoms with van der Waals surface area (Å²) in [5.41, 5.74) is 3.53. The Labute approximate surface area is 171 Å². The third-order valence-corrected chi connectivity index (χ3v) is 4.67. The van der Waals surface area contributed by atoms with E-state index in [1.54, 1.807) is 30.1 Å². The number of carbonyl (C=O) groups is 1. The van der Waals surface area contributed by atoms with Gasteiger partial charge < -0.3 is 9.47 Å². The van der Waals surface area contributed by atoms with Gasteiger partial charge in [-0.25, -0.2) is 0 Å². The van der Waals surface area contributed by atoms with Gasteiger partial charge >= 0.3 is 0 Å². The summed E-state index contributed by atoms with van der Waals surface area (Å²) >= 11 is 0. The first-order valence-corrected chi connectivity index (χ1v) is 9.77.